The van der Waals surface area contributed by atoms with E-state index in [2.05, 4.69) is 15.9 Å². The van der Waals surface area contributed by atoms with Crippen molar-refractivity contribution in [2.45, 2.75) is 0 Å². The van der Waals surface area contributed by atoms with E-state index in [1.54, 1.807) is 66.7 Å². The molecule has 0 aliphatic rings. The van der Waals surface area contributed by atoms with Crippen LogP contribution in [0.25, 0.3) is 6.08 Å². The Morgan fingerprint density at radius 2 is 1.47 bits per heavy atom. The van der Waals surface area contributed by atoms with Crippen molar-refractivity contribution >= 4 is 33.8 Å². The molecule has 3 aromatic carbocycles. The van der Waals surface area contributed by atoms with Crippen LogP contribution in [0.15, 0.2) is 71.2 Å². The number of allylic oxidation sites excluding steroid dienone is 1. The van der Waals surface area contributed by atoms with Gasteiger partial charge in [-0.2, -0.15) is 0 Å². The highest BCUT2D eigenvalue weighted by Crippen LogP contribution is 2.30. The molecule has 7 heteroatoms. The lowest BCUT2D eigenvalue weighted by Crippen LogP contribution is -2.09. The van der Waals surface area contributed by atoms with Gasteiger partial charge in [-0.05, 0) is 66.2 Å². The Balaban J connectivity index is 1.78. The van der Waals surface area contributed by atoms with Crippen LogP contribution in [0.1, 0.15) is 26.3 Å². The fourth-order valence-electron chi connectivity index (χ4n) is 2.89. The van der Waals surface area contributed by atoms with Gasteiger partial charge >= 0.3 is 5.97 Å². The van der Waals surface area contributed by atoms with Crippen LogP contribution in [0, 0.1) is 0 Å². The third kappa shape index (κ3) is 5.56. The Labute approximate surface area is 194 Å². The van der Waals surface area contributed by atoms with Crippen molar-refractivity contribution in [2.75, 3.05) is 21.3 Å². The van der Waals surface area contributed by atoms with E-state index in [1.807, 2.05) is 0 Å². The maximum absolute atomic E-state index is 12.7. The number of ether oxygens (including phenoxy) is 4. The quantitative estimate of drug-likeness (QED) is 0.175. The Morgan fingerprint density at radius 1 is 0.781 bits per heavy atom. The minimum absolute atomic E-state index is 0.245. The predicted molar refractivity (Wildman–Crippen MR) is 125 cm³/mol. The summed E-state index contributed by atoms with van der Waals surface area (Å²) in [5.74, 6) is 0.904. The van der Waals surface area contributed by atoms with Crippen molar-refractivity contribution < 1.29 is 28.5 Å². The lowest BCUT2D eigenvalue weighted by atomic mass is 10.1. The molecule has 0 bridgehead atoms. The summed E-state index contributed by atoms with van der Waals surface area (Å²) in [4.78, 5) is 25.1. The summed E-state index contributed by atoms with van der Waals surface area (Å²) in [6, 6.07) is 16.9. The molecule has 164 valence electrons. The summed E-state index contributed by atoms with van der Waals surface area (Å²) in [5, 5.41) is 0. The number of esters is 1. The zero-order chi connectivity index (χ0) is 23.1. The molecular formula is C25H21BrO6. The van der Waals surface area contributed by atoms with Gasteiger partial charge in [0.05, 0.1) is 32.5 Å². The number of carbonyl (C=O) groups is 2. The molecule has 0 spiro atoms. The molecule has 0 amide bonds. The zero-order valence-electron chi connectivity index (χ0n) is 17.8. The monoisotopic (exact) mass is 496 g/mol. The fourth-order valence-corrected chi connectivity index (χ4v) is 3.15. The molecule has 0 aliphatic carbocycles. The highest BCUT2D eigenvalue weighted by molar-refractivity contribution is 9.10. The average Bonchev–Trinajstić information content (AvgIpc) is 2.82. The van der Waals surface area contributed by atoms with Crippen LogP contribution in [-0.4, -0.2) is 33.1 Å². The summed E-state index contributed by atoms with van der Waals surface area (Å²) >= 11 is 3.33. The second-order valence-electron chi connectivity index (χ2n) is 6.57. The van der Waals surface area contributed by atoms with Crippen molar-refractivity contribution in [1.29, 1.82) is 0 Å². The standard InChI is InChI=1S/C25H21BrO6/c1-29-19-10-13-22(30-2)20(15-19)21(27)11-4-16-5-12-23(24(14-16)31-3)32-25(28)17-6-8-18(26)9-7-17/h4-15H,1-3H3. The van der Waals surface area contributed by atoms with Crippen LogP contribution in [0.4, 0.5) is 0 Å². The van der Waals surface area contributed by atoms with Gasteiger partial charge in [0, 0.05) is 4.47 Å². The second kappa shape index (κ2) is 10.6. The first-order chi connectivity index (χ1) is 15.4. The molecule has 0 unspecified atom stereocenters. The minimum Gasteiger partial charge on any atom is -0.497 e. The van der Waals surface area contributed by atoms with Crippen molar-refractivity contribution in [3.8, 4) is 23.0 Å². The van der Waals surface area contributed by atoms with Crippen molar-refractivity contribution in [2.24, 2.45) is 0 Å². The Morgan fingerprint density at radius 3 is 2.12 bits per heavy atom. The highest BCUT2D eigenvalue weighted by Gasteiger charge is 2.14. The number of rotatable bonds is 8. The van der Waals surface area contributed by atoms with Gasteiger partial charge in [0.15, 0.2) is 17.3 Å². The number of carbonyl (C=O) groups excluding carboxylic acids is 2. The van der Waals surface area contributed by atoms with Crippen LogP contribution in [0.5, 0.6) is 23.0 Å². The number of halogens is 1. The van der Waals surface area contributed by atoms with Gasteiger partial charge in [0.1, 0.15) is 11.5 Å². The van der Waals surface area contributed by atoms with Gasteiger partial charge in [0.25, 0.3) is 0 Å². The van der Waals surface area contributed by atoms with Crippen LogP contribution in [0.3, 0.4) is 0 Å². The molecule has 3 rings (SSSR count). The van der Waals surface area contributed by atoms with E-state index < -0.39 is 5.97 Å². The number of ketones is 1. The summed E-state index contributed by atoms with van der Waals surface area (Å²) in [7, 11) is 4.51. The first-order valence-electron chi connectivity index (χ1n) is 9.55. The van der Waals surface area contributed by atoms with Crippen LogP contribution >= 0.6 is 15.9 Å². The maximum atomic E-state index is 12.7. The van der Waals surface area contributed by atoms with E-state index in [1.165, 1.54) is 27.4 Å². The molecule has 0 saturated carbocycles. The topological polar surface area (TPSA) is 71.1 Å². The average molecular weight is 497 g/mol. The van der Waals surface area contributed by atoms with Gasteiger partial charge in [0.2, 0.25) is 0 Å². The molecule has 0 heterocycles. The second-order valence-corrected chi connectivity index (χ2v) is 7.49. The lowest BCUT2D eigenvalue weighted by molar-refractivity contribution is 0.0729. The highest BCUT2D eigenvalue weighted by atomic mass is 79.9. The van der Waals surface area contributed by atoms with E-state index in [-0.39, 0.29) is 11.5 Å². The lowest BCUT2D eigenvalue weighted by Gasteiger charge is -2.10. The Hall–Kier alpha value is -3.58. The van der Waals surface area contributed by atoms with E-state index >= 15 is 0 Å². The van der Waals surface area contributed by atoms with Crippen LogP contribution < -0.4 is 18.9 Å². The molecule has 0 aliphatic heterocycles. The van der Waals surface area contributed by atoms with Gasteiger partial charge < -0.3 is 18.9 Å². The van der Waals surface area contributed by atoms with Crippen LogP contribution in [-0.2, 0) is 0 Å². The Bertz CT molecular complexity index is 1150. The fraction of sp³-hybridized carbons (Fsp3) is 0.120. The molecule has 0 atom stereocenters. The van der Waals surface area contributed by atoms with Crippen molar-refractivity contribution in [1.82, 2.24) is 0 Å². The largest absolute Gasteiger partial charge is 0.497 e. The number of methoxy groups -OCH3 is 3. The van der Waals surface area contributed by atoms with E-state index in [0.717, 1.165) is 4.47 Å². The Kier molecular flexibility index (Phi) is 7.68. The predicted octanol–water partition coefficient (Wildman–Crippen LogP) is 5.59. The molecule has 0 saturated heterocycles. The normalized spacial score (nSPS) is 10.6. The SMILES string of the molecule is COc1ccc(OC)c(C(=O)C=Cc2ccc(OC(=O)c3ccc(Br)cc3)c(OC)c2)c1. The van der Waals surface area contributed by atoms with Gasteiger partial charge in [-0.25, -0.2) is 4.79 Å². The van der Waals surface area contributed by atoms with E-state index in [0.29, 0.717) is 33.9 Å². The third-order valence-electron chi connectivity index (χ3n) is 4.57. The molecule has 0 radical (unpaired) electrons. The van der Waals surface area contributed by atoms with Crippen LogP contribution in [0.2, 0.25) is 0 Å². The smallest absolute Gasteiger partial charge is 0.343 e. The van der Waals surface area contributed by atoms with Gasteiger partial charge in [-0.1, -0.05) is 28.1 Å². The first-order valence-corrected chi connectivity index (χ1v) is 10.3. The van der Waals surface area contributed by atoms with Gasteiger partial charge in [-0.15, -0.1) is 0 Å². The number of hydrogen-bond acceptors (Lipinski definition) is 6. The molecule has 0 aromatic heterocycles. The molecule has 32 heavy (non-hydrogen) atoms. The molecular weight excluding hydrogens is 476 g/mol. The van der Waals surface area contributed by atoms with E-state index in [4.69, 9.17) is 18.9 Å². The summed E-state index contributed by atoms with van der Waals surface area (Å²) in [5.41, 5.74) is 1.49. The first kappa shape index (κ1) is 23.1. The minimum atomic E-state index is -0.501. The number of benzene rings is 3. The van der Waals surface area contributed by atoms with Gasteiger partial charge in [-0.3, -0.25) is 4.79 Å². The molecule has 0 fully saturated rings. The maximum Gasteiger partial charge on any atom is 0.343 e. The zero-order valence-corrected chi connectivity index (χ0v) is 19.3. The summed E-state index contributed by atoms with van der Waals surface area (Å²) in [6.45, 7) is 0. The summed E-state index contributed by atoms with van der Waals surface area (Å²) < 4.78 is 22.1. The molecule has 3 aromatic rings. The van der Waals surface area contributed by atoms with E-state index in [9.17, 15) is 9.59 Å². The van der Waals surface area contributed by atoms with Crippen molar-refractivity contribution in [3.63, 3.8) is 0 Å². The number of hydrogen-bond donors (Lipinski definition) is 0. The van der Waals surface area contributed by atoms with Crippen molar-refractivity contribution in [3.05, 3.63) is 87.9 Å². The molecule has 0 N–H and O–H groups in total. The summed E-state index contributed by atoms with van der Waals surface area (Å²) in [6.07, 6.45) is 3.07. The third-order valence-corrected chi connectivity index (χ3v) is 5.10. The molecule has 6 nitrogen and oxygen atoms in total.